The van der Waals surface area contributed by atoms with Gasteiger partial charge in [-0.3, -0.25) is 14.9 Å². The molecular weight excluding hydrogens is 319 g/mol. The largest absolute Gasteiger partial charge is 2.00 e. The second-order valence-electron chi connectivity index (χ2n) is 3.01. The van der Waals surface area contributed by atoms with E-state index in [9.17, 15) is 9.59 Å². The Morgan fingerprint density at radius 1 is 1.00 bits per heavy atom. The molecule has 2 aliphatic rings. The van der Waals surface area contributed by atoms with Gasteiger partial charge in [-0.05, 0) is 12.8 Å². The number of hydrogen-bond acceptors (Lipinski definition) is 2. The molecule has 1 saturated heterocycles. The third kappa shape index (κ3) is 2.80. The number of rotatable bonds is 0. The van der Waals surface area contributed by atoms with Crippen molar-refractivity contribution in [3.8, 4) is 0 Å². The van der Waals surface area contributed by atoms with Crippen molar-refractivity contribution >= 4 is 11.8 Å². The number of allylic oxidation sites excluding steroid dienone is 2. The Bertz CT molecular complexity index is 234. The Balaban J connectivity index is 0. The van der Waals surface area contributed by atoms with Gasteiger partial charge in [0.05, 0.1) is 11.8 Å². The number of carbonyl (C=O) groups is 2. The van der Waals surface area contributed by atoms with Crippen LogP contribution in [0.3, 0.4) is 0 Å². The molecule has 14 heavy (non-hydrogen) atoms. The van der Waals surface area contributed by atoms with E-state index in [1.54, 1.807) is 0 Å². The Hall–Kier alpha value is 0.122. The van der Waals surface area contributed by atoms with Crippen molar-refractivity contribution in [2.45, 2.75) is 12.8 Å². The molecule has 82 valence electrons. The zero-order valence-electron chi connectivity index (χ0n) is 7.11. The normalized spacial score (nSPS) is 27.7. The first kappa shape index (κ1) is 16.5. The summed E-state index contributed by atoms with van der Waals surface area (Å²) in [6, 6.07) is 0. The van der Waals surface area contributed by atoms with E-state index in [2.05, 4.69) is 5.32 Å². The Morgan fingerprint density at radius 2 is 1.36 bits per heavy atom. The fourth-order valence-corrected chi connectivity index (χ4v) is 1.70. The molecule has 2 unspecified atom stereocenters. The van der Waals surface area contributed by atoms with Gasteiger partial charge in [0.1, 0.15) is 0 Å². The monoisotopic (exact) mass is 327 g/mol. The summed E-state index contributed by atoms with van der Waals surface area (Å²) in [5.74, 6) is -0.339. The first-order chi connectivity index (χ1) is 5.29. The minimum absolute atomic E-state index is 0. The summed E-state index contributed by atoms with van der Waals surface area (Å²) in [5, 5.41) is 2.34. The van der Waals surface area contributed by atoms with Crippen molar-refractivity contribution < 1.29 is 54.8 Å². The Labute approximate surface area is 109 Å². The fraction of sp³-hybridized carbons (Fsp3) is 0.500. The molecule has 1 heterocycles. The predicted molar refractivity (Wildman–Crippen MR) is 38.5 cm³/mol. The minimum Gasteiger partial charge on any atom is -1.00 e. The van der Waals surface area contributed by atoms with Crippen LogP contribution >= 0.6 is 0 Å². The van der Waals surface area contributed by atoms with Gasteiger partial charge in [-0.25, -0.2) is 0 Å². The zero-order valence-corrected chi connectivity index (χ0v) is 10.2. The summed E-state index contributed by atoms with van der Waals surface area (Å²) in [6.07, 6.45) is 5.39. The molecule has 1 aliphatic carbocycles. The molecule has 0 saturated carbocycles. The van der Waals surface area contributed by atoms with Crippen LogP contribution in [0.15, 0.2) is 12.2 Å². The molecule has 6 heteroatoms. The Morgan fingerprint density at radius 3 is 1.71 bits per heavy atom. The van der Waals surface area contributed by atoms with Crippen molar-refractivity contribution in [1.82, 2.24) is 5.32 Å². The standard InChI is InChI=1S/C8H9NO2.2ClH.Pd/c10-7-5-3-1-2-4-6(5)8(11)9-7;;;/h1-2,5-6H,3-4H2,(H,9,10,11);2*1H;/q;;;+2/p-2. The predicted octanol–water partition coefficient (Wildman–Crippen LogP) is -5.77. The van der Waals surface area contributed by atoms with Gasteiger partial charge < -0.3 is 24.8 Å². The maximum atomic E-state index is 11.1. The van der Waals surface area contributed by atoms with Crippen LogP contribution in [-0.2, 0) is 30.0 Å². The molecule has 2 rings (SSSR count). The number of halogens is 2. The van der Waals surface area contributed by atoms with E-state index in [1.165, 1.54) is 0 Å². The van der Waals surface area contributed by atoms with E-state index < -0.39 is 0 Å². The van der Waals surface area contributed by atoms with Gasteiger partial charge in [0.15, 0.2) is 0 Å². The van der Waals surface area contributed by atoms with Gasteiger partial charge in [-0.2, -0.15) is 0 Å². The second kappa shape index (κ2) is 6.58. The van der Waals surface area contributed by atoms with Crippen molar-refractivity contribution in [1.29, 1.82) is 0 Å². The van der Waals surface area contributed by atoms with Gasteiger partial charge in [0.2, 0.25) is 11.8 Å². The van der Waals surface area contributed by atoms with E-state index in [0.717, 1.165) is 12.8 Å². The van der Waals surface area contributed by atoms with Crippen LogP contribution in [0.1, 0.15) is 12.8 Å². The molecule has 0 radical (unpaired) electrons. The molecule has 1 aliphatic heterocycles. The number of amides is 2. The van der Waals surface area contributed by atoms with Crippen LogP contribution in [0.25, 0.3) is 0 Å². The molecule has 0 bridgehead atoms. The summed E-state index contributed by atoms with van der Waals surface area (Å²) in [5.41, 5.74) is 0. The molecule has 2 amide bonds. The van der Waals surface area contributed by atoms with Crippen LogP contribution in [0.5, 0.6) is 0 Å². The molecule has 3 nitrogen and oxygen atoms in total. The van der Waals surface area contributed by atoms with E-state index in [0.29, 0.717) is 0 Å². The minimum atomic E-state index is -0.0932. The second-order valence-corrected chi connectivity index (χ2v) is 3.01. The summed E-state index contributed by atoms with van der Waals surface area (Å²) < 4.78 is 0. The van der Waals surface area contributed by atoms with Crippen LogP contribution in [0, 0.1) is 11.8 Å². The summed E-state index contributed by atoms with van der Waals surface area (Å²) in [6.45, 7) is 0. The van der Waals surface area contributed by atoms with Gasteiger partial charge >= 0.3 is 20.4 Å². The van der Waals surface area contributed by atoms with E-state index in [1.807, 2.05) is 12.2 Å². The van der Waals surface area contributed by atoms with Crippen molar-refractivity contribution in [3.05, 3.63) is 12.2 Å². The van der Waals surface area contributed by atoms with Gasteiger partial charge in [-0.15, -0.1) is 0 Å². The summed E-state index contributed by atoms with van der Waals surface area (Å²) >= 11 is 0. The number of nitrogens with one attached hydrogen (secondary N) is 1. The first-order valence-electron chi connectivity index (χ1n) is 3.79. The molecule has 0 aromatic rings. The molecular formula is C8H9Cl2NO2Pd. The molecule has 1 N–H and O–H groups in total. The van der Waals surface area contributed by atoms with Gasteiger partial charge in [-0.1, -0.05) is 12.2 Å². The van der Waals surface area contributed by atoms with Crippen LogP contribution in [-0.4, -0.2) is 11.8 Å². The molecule has 0 aromatic heterocycles. The zero-order chi connectivity index (χ0) is 7.84. The number of carbonyl (C=O) groups excluding carboxylic acids is 2. The maximum absolute atomic E-state index is 11.1. The first-order valence-corrected chi connectivity index (χ1v) is 3.79. The smallest absolute Gasteiger partial charge is 1.00 e. The molecule has 0 spiro atoms. The SMILES string of the molecule is O=C1NC(=O)C2CC=CCC12.[Cl-].[Cl-].[Pd+2]. The summed E-state index contributed by atoms with van der Waals surface area (Å²) in [4.78, 5) is 22.1. The van der Waals surface area contributed by atoms with Crippen molar-refractivity contribution in [3.63, 3.8) is 0 Å². The third-order valence-corrected chi connectivity index (χ3v) is 2.35. The number of imide groups is 1. The average Bonchev–Trinajstić information content (AvgIpc) is 2.30. The van der Waals surface area contributed by atoms with Gasteiger partial charge in [0.25, 0.3) is 0 Å². The topological polar surface area (TPSA) is 46.2 Å². The quantitative estimate of drug-likeness (QED) is 0.274. The molecule has 0 aromatic carbocycles. The number of fused-ring (bicyclic) bond motifs is 1. The van der Waals surface area contributed by atoms with E-state index >= 15 is 0 Å². The maximum Gasteiger partial charge on any atom is 2.00 e. The van der Waals surface area contributed by atoms with Crippen molar-refractivity contribution in [2.75, 3.05) is 0 Å². The average molecular weight is 328 g/mol. The van der Waals surface area contributed by atoms with E-state index in [4.69, 9.17) is 0 Å². The Kier molecular flexibility index (Phi) is 7.77. The summed E-state index contributed by atoms with van der Waals surface area (Å²) in [7, 11) is 0. The van der Waals surface area contributed by atoms with Crippen LogP contribution in [0.2, 0.25) is 0 Å². The van der Waals surface area contributed by atoms with Crippen LogP contribution < -0.4 is 30.1 Å². The van der Waals surface area contributed by atoms with E-state index in [-0.39, 0.29) is 68.9 Å². The van der Waals surface area contributed by atoms with Crippen LogP contribution in [0.4, 0.5) is 0 Å². The van der Waals surface area contributed by atoms with Gasteiger partial charge in [0, 0.05) is 0 Å². The fourth-order valence-electron chi connectivity index (χ4n) is 1.70. The van der Waals surface area contributed by atoms with Crippen molar-refractivity contribution in [2.24, 2.45) is 11.8 Å². The molecule has 1 fully saturated rings. The molecule has 2 atom stereocenters. The third-order valence-electron chi connectivity index (χ3n) is 2.35. The number of hydrogen-bond donors (Lipinski definition) is 1.